The van der Waals surface area contributed by atoms with E-state index in [1.165, 1.54) is 25.0 Å². The molecule has 0 saturated carbocycles. The Bertz CT molecular complexity index is 2070. The molecule has 8 nitrogen and oxygen atoms in total. The third kappa shape index (κ3) is 13.7. The van der Waals surface area contributed by atoms with Gasteiger partial charge in [0.25, 0.3) is 0 Å². The van der Waals surface area contributed by atoms with Crippen molar-refractivity contribution in [2.75, 3.05) is 0 Å². The molecule has 0 bridgehead atoms. The molecule has 8 heteroatoms. The molecule has 0 aliphatic heterocycles. The van der Waals surface area contributed by atoms with Crippen LogP contribution in [0.25, 0.3) is 24.3 Å². The van der Waals surface area contributed by atoms with Crippen LogP contribution in [0.5, 0.6) is 0 Å². The third-order valence-corrected chi connectivity index (χ3v) is 6.84. The van der Waals surface area contributed by atoms with Crippen LogP contribution in [0.1, 0.15) is 72.2 Å². The second-order valence-electron chi connectivity index (χ2n) is 11.7. The first kappa shape index (κ1) is 41.0. The summed E-state index contributed by atoms with van der Waals surface area (Å²) in [5.74, 6) is 10.4. The van der Waals surface area contributed by atoms with Crippen LogP contribution in [-0.4, -0.2) is 23.9 Å². The van der Waals surface area contributed by atoms with E-state index in [1.807, 2.05) is 48.5 Å². The number of hydrogen-bond donors (Lipinski definition) is 0. The number of benzene rings is 3. The van der Waals surface area contributed by atoms with E-state index in [1.54, 1.807) is 64.1 Å². The van der Waals surface area contributed by atoms with Crippen LogP contribution >= 0.6 is 0 Å². The molecule has 0 heterocycles. The van der Waals surface area contributed by atoms with Gasteiger partial charge >= 0.3 is 23.9 Å². The average molecular weight is 719 g/mol. The molecule has 0 atom stereocenters. The fourth-order valence-electron chi connectivity index (χ4n) is 3.85. The van der Waals surface area contributed by atoms with Crippen molar-refractivity contribution in [3.8, 4) is 23.7 Å². The summed E-state index contributed by atoms with van der Waals surface area (Å²) in [6.07, 6.45) is 11.6. The normalized spacial score (nSPS) is 10.6. The lowest BCUT2D eigenvalue weighted by Crippen LogP contribution is -1.99. The van der Waals surface area contributed by atoms with E-state index in [0.717, 1.165) is 11.1 Å². The maximum atomic E-state index is 12.1. The molecule has 54 heavy (non-hydrogen) atoms. The van der Waals surface area contributed by atoms with Gasteiger partial charge in [0.05, 0.1) is 25.0 Å². The number of hydrogen-bond acceptors (Lipinski definition) is 8. The molecule has 3 aromatic carbocycles. The highest BCUT2D eigenvalue weighted by Gasteiger charge is 2.08. The number of esters is 4. The van der Waals surface area contributed by atoms with Gasteiger partial charge in [-0.05, 0) is 111 Å². The van der Waals surface area contributed by atoms with E-state index in [9.17, 15) is 19.2 Å². The molecule has 0 aliphatic rings. The third-order valence-electron chi connectivity index (χ3n) is 6.84. The first-order valence-electron chi connectivity index (χ1n) is 16.3. The summed E-state index contributed by atoms with van der Waals surface area (Å²) >= 11 is 0. The van der Waals surface area contributed by atoms with E-state index in [2.05, 4.69) is 50.0 Å². The van der Waals surface area contributed by atoms with E-state index < -0.39 is 23.9 Å². The monoisotopic (exact) mass is 718 g/mol. The van der Waals surface area contributed by atoms with Crippen molar-refractivity contribution in [2.24, 2.45) is 0 Å². The van der Waals surface area contributed by atoms with Gasteiger partial charge in [-0.2, -0.15) is 0 Å². The summed E-state index contributed by atoms with van der Waals surface area (Å²) in [4.78, 5) is 47.4. The van der Waals surface area contributed by atoms with Crippen LogP contribution in [0.4, 0.5) is 0 Å². The fourth-order valence-corrected chi connectivity index (χ4v) is 3.85. The molecule has 3 rings (SSSR count). The second-order valence-corrected chi connectivity index (χ2v) is 11.7. The standard InChI is InChI=1S/C46H38O8/c1-31(2)43(47)51-25-21-37-13-9-35(10-14-37)17-19-39-29-42(24-28-54-46(50)34(7)8)40(30-41(39)23-27-53-45(49)33(5)6)20-18-36-11-15-38(16-12-36)22-26-52-44(48)32(3)4/h9-16,21-30H,1,3,5,7H2,2,4,6,8H3/b25-21+,26-22+,27-23+,28-24+. The summed E-state index contributed by atoms with van der Waals surface area (Å²) in [6.45, 7) is 20.5. The lowest BCUT2D eigenvalue weighted by molar-refractivity contribution is -0.134. The lowest BCUT2D eigenvalue weighted by atomic mass is 9.97. The van der Waals surface area contributed by atoms with Crippen LogP contribution in [0.3, 0.4) is 0 Å². The van der Waals surface area contributed by atoms with Crippen molar-refractivity contribution >= 4 is 48.2 Å². The summed E-state index contributed by atoms with van der Waals surface area (Å²) in [5, 5.41) is 0. The number of rotatable bonds is 12. The van der Waals surface area contributed by atoms with Crippen LogP contribution in [0.2, 0.25) is 0 Å². The number of ether oxygens (including phenoxy) is 4. The number of carbonyl (C=O) groups excluding carboxylic acids is 4. The topological polar surface area (TPSA) is 105 Å². The Morgan fingerprint density at radius 2 is 0.722 bits per heavy atom. The van der Waals surface area contributed by atoms with Gasteiger partial charge in [-0.1, -0.05) is 74.3 Å². The molecule has 270 valence electrons. The quantitative estimate of drug-likeness (QED) is 0.0602. The molecule has 0 fully saturated rings. The van der Waals surface area contributed by atoms with Gasteiger partial charge in [0.15, 0.2) is 0 Å². The van der Waals surface area contributed by atoms with Crippen molar-refractivity contribution in [1.82, 2.24) is 0 Å². The smallest absolute Gasteiger partial charge is 0.337 e. The van der Waals surface area contributed by atoms with Crippen molar-refractivity contribution < 1.29 is 38.1 Å². The zero-order valence-electron chi connectivity index (χ0n) is 30.5. The second kappa shape index (κ2) is 20.4. The average Bonchev–Trinajstić information content (AvgIpc) is 3.14. The highest BCUT2D eigenvalue weighted by Crippen LogP contribution is 2.21. The molecule has 0 radical (unpaired) electrons. The molecule has 0 unspecified atom stereocenters. The van der Waals surface area contributed by atoms with E-state index in [4.69, 9.17) is 18.9 Å². The predicted molar refractivity (Wildman–Crippen MR) is 211 cm³/mol. The Hall–Kier alpha value is -7.42. The maximum Gasteiger partial charge on any atom is 0.337 e. The van der Waals surface area contributed by atoms with Gasteiger partial charge in [0, 0.05) is 44.5 Å². The Labute approximate surface area is 315 Å². The summed E-state index contributed by atoms with van der Waals surface area (Å²) < 4.78 is 20.4. The molecular weight excluding hydrogens is 680 g/mol. The van der Waals surface area contributed by atoms with Crippen LogP contribution in [0.15, 0.2) is 134 Å². The van der Waals surface area contributed by atoms with Gasteiger partial charge in [-0.3, -0.25) is 0 Å². The molecule has 0 spiro atoms. The SMILES string of the molecule is C=C(C)C(=O)O/C=C/c1ccc(C#Cc2cc(/C=C/OC(=O)C(=C)C)c(C#Cc3ccc(/C=C/OC(=O)C(=C)C)cc3)cc2/C=C/OC(=O)C(=C)C)cc1. The lowest BCUT2D eigenvalue weighted by Gasteiger charge is -2.07. The fraction of sp³-hybridized carbons (Fsp3) is 0.0870. The van der Waals surface area contributed by atoms with Crippen molar-refractivity contribution in [2.45, 2.75) is 27.7 Å². The minimum absolute atomic E-state index is 0.234. The maximum absolute atomic E-state index is 12.1. The highest BCUT2D eigenvalue weighted by molar-refractivity contribution is 5.89. The molecule has 0 N–H and O–H groups in total. The minimum Gasteiger partial charge on any atom is -0.431 e. The Balaban J connectivity index is 2.04. The van der Waals surface area contributed by atoms with Crippen molar-refractivity contribution in [3.05, 3.63) is 179 Å². The van der Waals surface area contributed by atoms with Gasteiger partial charge in [-0.15, -0.1) is 0 Å². The minimum atomic E-state index is -0.589. The van der Waals surface area contributed by atoms with E-state index >= 15 is 0 Å². The van der Waals surface area contributed by atoms with Gasteiger partial charge < -0.3 is 18.9 Å². The van der Waals surface area contributed by atoms with Gasteiger partial charge in [-0.25, -0.2) is 19.2 Å². The molecule has 3 aromatic rings. The molecule has 0 aromatic heterocycles. The van der Waals surface area contributed by atoms with Crippen molar-refractivity contribution in [3.63, 3.8) is 0 Å². The zero-order chi connectivity index (χ0) is 39.6. The van der Waals surface area contributed by atoms with Crippen molar-refractivity contribution in [1.29, 1.82) is 0 Å². The molecule has 0 saturated heterocycles. The van der Waals surface area contributed by atoms with E-state index in [-0.39, 0.29) is 11.1 Å². The Morgan fingerprint density at radius 1 is 0.444 bits per heavy atom. The van der Waals surface area contributed by atoms with Crippen LogP contribution in [-0.2, 0) is 38.1 Å². The van der Waals surface area contributed by atoms with Crippen LogP contribution in [0, 0.1) is 23.7 Å². The zero-order valence-corrected chi connectivity index (χ0v) is 30.5. The Kier molecular flexibility index (Phi) is 15.5. The van der Waals surface area contributed by atoms with Gasteiger partial charge in [0.2, 0.25) is 0 Å². The Morgan fingerprint density at radius 3 is 1.00 bits per heavy atom. The highest BCUT2D eigenvalue weighted by atomic mass is 16.5. The summed E-state index contributed by atoms with van der Waals surface area (Å²) in [7, 11) is 0. The largest absolute Gasteiger partial charge is 0.431 e. The number of carbonyl (C=O) groups is 4. The molecule has 0 aliphatic carbocycles. The van der Waals surface area contributed by atoms with Gasteiger partial charge in [0.1, 0.15) is 0 Å². The van der Waals surface area contributed by atoms with E-state index in [0.29, 0.717) is 44.5 Å². The summed E-state index contributed by atoms with van der Waals surface area (Å²) in [5.41, 5.74) is 6.28. The first-order valence-corrected chi connectivity index (χ1v) is 16.3. The molecule has 0 amide bonds. The predicted octanol–water partition coefficient (Wildman–Crippen LogP) is 8.85. The summed E-state index contributed by atoms with van der Waals surface area (Å²) in [6, 6.07) is 18.1. The first-order chi connectivity index (χ1) is 25.7. The molecular formula is C46H38O8. The van der Waals surface area contributed by atoms with Crippen LogP contribution < -0.4 is 0 Å².